The number of benzene rings is 4. The topological polar surface area (TPSA) is 51.1 Å². The predicted octanol–water partition coefficient (Wildman–Crippen LogP) is 8.00. The summed E-state index contributed by atoms with van der Waals surface area (Å²) in [5.41, 5.74) is 4.05. The van der Waals surface area contributed by atoms with Crippen LogP contribution in [0.25, 0.3) is 16.8 Å². The van der Waals surface area contributed by atoms with Gasteiger partial charge in [0.15, 0.2) is 16.7 Å². The van der Waals surface area contributed by atoms with E-state index in [9.17, 15) is 4.79 Å². The highest BCUT2D eigenvalue weighted by molar-refractivity contribution is 8.18. The van der Waals surface area contributed by atoms with Crippen molar-refractivity contribution >= 4 is 45.4 Å². The Kier molecular flexibility index (Phi) is 8.33. The second kappa shape index (κ2) is 12.2. The molecule has 0 bridgehead atoms. The van der Waals surface area contributed by atoms with Crippen molar-refractivity contribution < 1.29 is 14.3 Å². The van der Waals surface area contributed by atoms with E-state index in [2.05, 4.69) is 37.3 Å². The summed E-state index contributed by atoms with van der Waals surface area (Å²) < 4.78 is 12.2. The maximum absolute atomic E-state index is 13.2. The van der Waals surface area contributed by atoms with Crippen molar-refractivity contribution in [3.05, 3.63) is 107 Å². The van der Waals surface area contributed by atoms with E-state index in [-0.39, 0.29) is 5.91 Å². The summed E-state index contributed by atoms with van der Waals surface area (Å²) >= 11 is 1.41. The Morgan fingerprint density at radius 2 is 1.62 bits per heavy atom. The molecule has 1 amide bonds. The van der Waals surface area contributed by atoms with Crippen LogP contribution in [0.1, 0.15) is 37.5 Å². The zero-order valence-electron chi connectivity index (χ0n) is 22.5. The van der Waals surface area contributed by atoms with Gasteiger partial charge in [0.25, 0.3) is 5.91 Å². The fraction of sp³-hybridized carbons (Fsp3) is 0.212. The highest BCUT2D eigenvalue weighted by atomic mass is 32.2. The molecule has 6 heteroatoms. The second-order valence-corrected chi connectivity index (χ2v) is 10.1. The average Bonchev–Trinajstić information content (AvgIpc) is 3.26. The molecule has 1 heterocycles. The molecule has 0 aliphatic carbocycles. The van der Waals surface area contributed by atoms with E-state index in [0.717, 1.165) is 28.8 Å². The fourth-order valence-corrected chi connectivity index (χ4v) is 5.67. The van der Waals surface area contributed by atoms with Crippen LogP contribution >= 0.6 is 11.8 Å². The van der Waals surface area contributed by atoms with E-state index in [4.69, 9.17) is 14.5 Å². The first-order chi connectivity index (χ1) is 19.1. The number of rotatable bonds is 9. The second-order valence-electron chi connectivity index (χ2n) is 9.10. The van der Waals surface area contributed by atoms with Crippen molar-refractivity contribution in [1.29, 1.82) is 0 Å². The summed E-state index contributed by atoms with van der Waals surface area (Å²) in [6.07, 6.45) is 2.79. The van der Waals surface area contributed by atoms with Crippen molar-refractivity contribution in [3.63, 3.8) is 0 Å². The van der Waals surface area contributed by atoms with Gasteiger partial charge in [-0.3, -0.25) is 9.69 Å². The van der Waals surface area contributed by atoms with Gasteiger partial charge in [-0.25, -0.2) is 4.99 Å². The molecule has 1 aliphatic rings. The highest BCUT2D eigenvalue weighted by Gasteiger charge is 2.32. The number of nitrogens with zero attached hydrogens (tertiary/aromatic N) is 2. The minimum absolute atomic E-state index is 0.0375. The van der Waals surface area contributed by atoms with Crippen LogP contribution in [0.15, 0.2) is 94.8 Å². The Bertz CT molecular complexity index is 1550. The zero-order valence-corrected chi connectivity index (χ0v) is 23.3. The number of carbonyl (C=O) groups is 1. The zero-order chi connectivity index (χ0) is 27.2. The van der Waals surface area contributed by atoms with Gasteiger partial charge >= 0.3 is 0 Å². The standard InChI is InChI=1S/C33H32N2O3S/c1-4-24-12-8-10-17-28(24)34-33-35(5-2)32(36)31(39-33)21-23-18-19-29(30(20-23)37-6-3)38-22-26-15-11-14-25-13-7-9-16-27(25)26/h7-21H,4-6,22H2,1-3H3/b31-21+,34-33?. The van der Waals surface area contributed by atoms with E-state index in [1.54, 1.807) is 4.90 Å². The molecule has 1 aliphatic heterocycles. The summed E-state index contributed by atoms with van der Waals surface area (Å²) in [5.74, 6) is 1.29. The van der Waals surface area contributed by atoms with Gasteiger partial charge < -0.3 is 9.47 Å². The molecule has 5 rings (SSSR count). The van der Waals surface area contributed by atoms with Crippen LogP contribution in [0.3, 0.4) is 0 Å². The lowest BCUT2D eigenvalue weighted by atomic mass is 10.1. The van der Waals surface area contributed by atoms with Crippen LogP contribution in [-0.4, -0.2) is 29.1 Å². The quantitative estimate of drug-likeness (QED) is 0.203. The number of para-hydroxylation sites is 1. The van der Waals surface area contributed by atoms with Crippen LogP contribution in [0.4, 0.5) is 5.69 Å². The van der Waals surface area contributed by atoms with Crippen molar-refractivity contribution in [2.45, 2.75) is 33.8 Å². The van der Waals surface area contributed by atoms with Crippen LogP contribution in [0, 0.1) is 0 Å². The van der Waals surface area contributed by atoms with Gasteiger partial charge in [0.05, 0.1) is 17.2 Å². The summed E-state index contributed by atoms with van der Waals surface area (Å²) in [6.45, 7) is 7.53. The lowest BCUT2D eigenvalue weighted by Crippen LogP contribution is -2.28. The van der Waals surface area contributed by atoms with Crippen LogP contribution < -0.4 is 9.47 Å². The predicted molar refractivity (Wildman–Crippen MR) is 162 cm³/mol. The first-order valence-electron chi connectivity index (χ1n) is 13.4. The molecule has 1 saturated heterocycles. The van der Waals surface area contributed by atoms with Crippen molar-refractivity contribution in [2.24, 2.45) is 4.99 Å². The molecule has 5 nitrogen and oxygen atoms in total. The summed E-state index contributed by atoms with van der Waals surface area (Å²) in [5, 5.41) is 3.07. The van der Waals surface area contributed by atoms with Crippen LogP contribution in [0.2, 0.25) is 0 Å². The molecule has 0 unspecified atom stereocenters. The first kappa shape index (κ1) is 26.6. The number of ether oxygens (including phenoxy) is 2. The number of amidine groups is 1. The maximum atomic E-state index is 13.2. The molecule has 0 N–H and O–H groups in total. The number of aliphatic imine (C=N–C) groups is 1. The van der Waals surface area contributed by atoms with E-state index < -0.39 is 0 Å². The number of hydrogen-bond donors (Lipinski definition) is 0. The Morgan fingerprint density at radius 3 is 2.44 bits per heavy atom. The molecule has 1 fully saturated rings. The third-order valence-electron chi connectivity index (χ3n) is 6.62. The monoisotopic (exact) mass is 536 g/mol. The van der Waals surface area contributed by atoms with Gasteiger partial charge in [-0.05, 0) is 83.8 Å². The molecule has 0 atom stereocenters. The number of hydrogen-bond acceptors (Lipinski definition) is 5. The number of amides is 1. The Balaban J connectivity index is 1.39. The largest absolute Gasteiger partial charge is 0.490 e. The maximum Gasteiger partial charge on any atom is 0.266 e. The summed E-state index contributed by atoms with van der Waals surface area (Å²) in [7, 11) is 0. The van der Waals surface area contributed by atoms with Gasteiger partial charge in [0.1, 0.15) is 6.61 Å². The van der Waals surface area contributed by atoms with E-state index in [0.29, 0.717) is 41.3 Å². The van der Waals surface area contributed by atoms with Gasteiger partial charge in [0, 0.05) is 6.54 Å². The summed E-state index contributed by atoms with van der Waals surface area (Å²) in [6, 6.07) is 28.4. The average molecular weight is 537 g/mol. The molecule has 0 radical (unpaired) electrons. The minimum Gasteiger partial charge on any atom is -0.490 e. The lowest BCUT2D eigenvalue weighted by Gasteiger charge is -2.14. The van der Waals surface area contributed by atoms with Crippen LogP contribution in [-0.2, 0) is 17.8 Å². The number of carbonyl (C=O) groups excluding carboxylic acids is 1. The van der Waals surface area contributed by atoms with Crippen molar-refractivity contribution in [2.75, 3.05) is 13.2 Å². The van der Waals surface area contributed by atoms with Gasteiger partial charge in [-0.2, -0.15) is 0 Å². The number of thioether (sulfide) groups is 1. The Morgan fingerprint density at radius 1 is 0.846 bits per heavy atom. The molecule has 0 spiro atoms. The molecular weight excluding hydrogens is 504 g/mol. The molecule has 4 aromatic carbocycles. The normalized spacial score (nSPS) is 15.5. The van der Waals surface area contributed by atoms with Crippen LogP contribution in [0.5, 0.6) is 11.5 Å². The third kappa shape index (κ3) is 5.86. The number of likely N-dealkylation sites (N-methyl/N-ethyl adjacent to an activating group) is 1. The Labute approximate surface area is 234 Å². The lowest BCUT2D eigenvalue weighted by molar-refractivity contribution is -0.122. The molecule has 39 heavy (non-hydrogen) atoms. The van der Waals surface area contributed by atoms with E-state index >= 15 is 0 Å². The van der Waals surface area contributed by atoms with Gasteiger partial charge in [-0.1, -0.05) is 73.7 Å². The fourth-order valence-electron chi connectivity index (χ4n) is 4.62. The van der Waals surface area contributed by atoms with Crippen molar-refractivity contribution in [3.8, 4) is 11.5 Å². The molecule has 0 aromatic heterocycles. The van der Waals surface area contributed by atoms with Gasteiger partial charge in [0.2, 0.25) is 0 Å². The highest BCUT2D eigenvalue weighted by Crippen LogP contribution is 2.36. The number of fused-ring (bicyclic) bond motifs is 1. The molecular formula is C33H32N2O3S. The minimum atomic E-state index is -0.0375. The van der Waals surface area contributed by atoms with E-state index in [1.807, 2.05) is 74.5 Å². The van der Waals surface area contributed by atoms with E-state index in [1.165, 1.54) is 22.5 Å². The smallest absolute Gasteiger partial charge is 0.266 e. The first-order valence-corrected chi connectivity index (χ1v) is 14.2. The van der Waals surface area contributed by atoms with Crippen molar-refractivity contribution in [1.82, 2.24) is 4.90 Å². The number of aryl methyl sites for hydroxylation is 1. The molecule has 4 aromatic rings. The molecule has 198 valence electrons. The Hall–Kier alpha value is -4.03. The SMILES string of the molecule is CCOc1cc(/C=C2/SC(=Nc3ccccc3CC)N(CC)C2=O)ccc1OCc1cccc2ccccc12. The molecule has 0 saturated carbocycles. The third-order valence-corrected chi connectivity index (χ3v) is 7.63. The summed E-state index contributed by atoms with van der Waals surface area (Å²) in [4.78, 5) is 20.5. The van der Waals surface area contributed by atoms with Gasteiger partial charge in [-0.15, -0.1) is 0 Å².